The minimum absolute atomic E-state index is 0.243. The maximum atomic E-state index is 6.33. The lowest BCUT2D eigenvalue weighted by atomic mass is 9.79. The van der Waals surface area contributed by atoms with Crippen LogP contribution in [0.3, 0.4) is 0 Å². The monoisotopic (exact) mass is 220 g/mol. The van der Waals surface area contributed by atoms with E-state index in [0.29, 0.717) is 5.92 Å². The standard InChI is InChI=1S/C15H24O/c1-10(2)13-6-5-11(3)14-8-7-12(4)15(14,9-13)16-14/h11-13H,1,5-9H2,2-4H3/t11-,12-,13+,14+,15+/m0/s1. The predicted octanol–water partition coefficient (Wildman–Crippen LogP) is 3.94. The molecule has 16 heavy (non-hydrogen) atoms. The van der Waals surface area contributed by atoms with Crippen LogP contribution in [-0.4, -0.2) is 11.2 Å². The third-order valence-electron chi connectivity index (χ3n) is 5.77. The van der Waals surface area contributed by atoms with Gasteiger partial charge in [-0.2, -0.15) is 0 Å². The fourth-order valence-corrected chi connectivity index (χ4v) is 4.50. The fourth-order valence-electron chi connectivity index (χ4n) is 4.50. The zero-order valence-corrected chi connectivity index (χ0v) is 10.9. The Hall–Kier alpha value is -0.300. The highest BCUT2D eigenvalue weighted by Gasteiger charge is 2.77. The van der Waals surface area contributed by atoms with E-state index in [-0.39, 0.29) is 11.2 Å². The Morgan fingerprint density at radius 2 is 1.81 bits per heavy atom. The van der Waals surface area contributed by atoms with Crippen molar-refractivity contribution in [3.63, 3.8) is 0 Å². The van der Waals surface area contributed by atoms with Crippen LogP contribution in [0.15, 0.2) is 12.2 Å². The van der Waals surface area contributed by atoms with Crippen molar-refractivity contribution in [3.05, 3.63) is 12.2 Å². The average Bonchev–Trinajstić information content (AvgIpc) is 2.84. The van der Waals surface area contributed by atoms with Gasteiger partial charge < -0.3 is 4.74 Å². The van der Waals surface area contributed by atoms with Gasteiger partial charge in [-0.15, -0.1) is 0 Å². The van der Waals surface area contributed by atoms with Gasteiger partial charge in [0.25, 0.3) is 0 Å². The van der Waals surface area contributed by atoms with Crippen LogP contribution in [-0.2, 0) is 4.74 Å². The lowest BCUT2D eigenvalue weighted by Gasteiger charge is -2.22. The van der Waals surface area contributed by atoms with E-state index < -0.39 is 0 Å². The second-order valence-electron chi connectivity index (χ2n) is 6.55. The minimum atomic E-state index is 0.243. The topological polar surface area (TPSA) is 12.5 Å². The number of rotatable bonds is 1. The molecule has 0 radical (unpaired) electrons. The van der Waals surface area contributed by atoms with Crippen LogP contribution in [0.5, 0.6) is 0 Å². The highest BCUT2D eigenvalue weighted by atomic mass is 16.6. The van der Waals surface area contributed by atoms with E-state index in [4.69, 9.17) is 4.74 Å². The minimum Gasteiger partial charge on any atom is -0.362 e. The van der Waals surface area contributed by atoms with Crippen molar-refractivity contribution < 1.29 is 4.74 Å². The van der Waals surface area contributed by atoms with Crippen LogP contribution in [0.1, 0.15) is 52.9 Å². The maximum absolute atomic E-state index is 6.33. The zero-order valence-electron chi connectivity index (χ0n) is 10.9. The summed E-state index contributed by atoms with van der Waals surface area (Å²) in [4.78, 5) is 0. The first-order valence-electron chi connectivity index (χ1n) is 6.87. The van der Waals surface area contributed by atoms with Gasteiger partial charge in [-0.25, -0.2) is 0 Å². The Labute approximate surface area is 99.3 Å². The van der Waals surface area contributed by atoms with Crippen molar-refractivity contribution in [1.82, 2.24) is 0 Å². The molecular formula is C15H24O. The molecule has 0 bridgehead atoms. The zero-order chi connectivity index (χ0) is 11.6. The van der Waals surface area contributed by atoms with Crippen molar-refractivity contribution in [3.8, 4) is 0 Å². The molecule has 0 aromatic rings. The van der Waals surface area contributed by atoms with E-state index in [1.807, 2.05) is 0 Å². The first-order valence-corrected chi connectivity index (χ1v) is 6.87. The van der Waals surface area contributed by atoms with Crippen LogP contribution in [0.2, 0.25) is 0 Å². The number of epoxide rings is 1. The third-order valence-corrected chi connectivity index (χ3v) is 5.77. The van der Waals surface area contributed by atoms with Gasteiger partial charge >= 0.3 is 0 Å². The number of hydrogen-bond donors (Lipinski definition) is 0. The molecule has 1 nitrogen and oxygen atoms in total. The number of allylic oxidation sites excluding steroid dienone is 1. The number of hydrogen-bond acceptors (Lipinski definition) is 1. The van der Waals surface area contributed by atoms with E-state index in [1.54, 1.807) is 0 Å². The summed E-state index contributed by atoms with van der Waals surface area (Å²) in [6, 6.07) is 0. The first-order chi connectivity index (χ1) is 7.52. The molecule has 3 aliphatic rings. The normalized spacial score (nSPS) is 55.1. The Kier molecular flexibility index (Phi) is 2.12. The molecule has 0 aromatic carbocycles. The van der Waals surface area contributed by atoms with E-state index >= 15 is 0 Å². The van der Waals surface area contributed by atoms with Gasteiger partial charge in [0, 0.05) is 0 Å². The van der Waals surface area contributed by atoms with Gasteiger partial charge in [-0.3, -0.25) is 0 Å². The van der Waals surface area contributed by atoms with Crippen LogP contribution < -0.4 is 0 Å². The maximum Gasteiger partial charge on any atom is 0.101 e. The van der Waals surface area contributed by atoms with E-state index in [0.717, 1.165) is 11.8 Å². The molecule has 1 heteroatoms. The Bertz CT molecular complexity index is 334. The summed E-state index contributed by atoms with van der Waals surface area (Å²) in [7, 11) is 0. The molecule has 3 fully saturated rings. The quantitative estimate of drug-likeness (QED) is 0.482. The Balaban J connectivity index is 1.92. The Morgan fingerprint density at radius 1 is 1.12 bits per heavy atom. The molecule has 1 aliphatic heterocycles. The third kappa shape index (κ3) is 1.11. The molecule has 0 amide bonds. The summed E-state index contributed by atoms with van der Waals surface area (Å²) in [5, 5.41) is 0. The van der Waals surface area contributed by atoms with Gasteiger partial charge in [-0.1, -0.05) is 26.0 Å². The summed E-state index contributed by atoms with van der Waals surface area (Å²) in [5.74, 6) is 2.21. The van der Waals surface area contributed by atoms with Crippen molar-refractivity contribution in [2.45, 2.75) is 64.1 Å². The summed E-state index contributed by atoms with van der Waals surface area (Å²) < 4.78 is 6.33. The average molecular weight is 220 g/mol. The molecule has 1 saturated heterocycles. The molecule has 0 N–H and O–H groups in total. The van der Waals surface area contributed by atoms with Gasteiger partial charge in [0.2, 0.25) is 0 Å². The van der Waals surface area contributed by atoms with Crippen LogP contribution >= 0.6 is 0 Å². The van der Waals surface area contributed by atoms with Crippen LogP contribution in [0.4, 0.5) is 0 Å². The summed E-state index contributed by atoms with van der Waals surface area (Å²) in [5.41, 5.74) is 1.88. The largest absolute Gasteiger partial charge is 0.362 e. The molecular weight excluding hydrogens is 196 g/mol. The lowest BCUT2D eigenvalue weighted by Crippen LogP contribution is -2.29. The molecule has 2 aliphatic carbocycles. The molecule has 0 aromatic heterocycles. The number of ether oxygens (including phenoxy) is 1. The highest BCUT2D eigenvalue weighted by molar-refractivity contribution is 5.26. The summed E-state index contributed by atoms with van der Waals surface area (Å²) >= 11 is 0. The van der Waals surface area contributed by atoms with E-state index in [2.05, 4.69) is 27.4 Å². The molecule has 2 saturated carbocycles. The lowest BCUT2D eigenvalue weighted by molar-refractivity contribution is 0.124. The van der Waals surface area contributed by atoms with Crippen molar-refractivity contribution >= 4 is 0 Å². The molecule has 90 valence electrons. The summed E-state index contributed by atoms with van der Waals surface area (Å²) in [6.45, 7) is 11.2. The van der Waals surface area contributed by atoms with Crippen molar-refractivity contribution in [2.24, 2.45) is 17.8 Å². The van der Waals surface area contributed by atoms with Gasteiger partial charge in [0.1, 0.15) is 11.2 Å². The Morgan fingerprint density at radius 3 is 2.50 bits per heavy atom. The van der Waals surface area contributed by atoms with Crippen LogP contribution in [0, 0.1) is 17.8 Å². The first kappa shape index (κ1) is 10.8. The van der Waals surface area contributed by atoms with Crippen molar-refractivity contribution in [1.29, 1.82) is 0 Å². The fraction of sp³-hybridized carbons (Fsp3) is 0.867. The van der Waals surface area contributed by atoms with Gasteiger partial charge in [-0.05, 0) is 56.8 Å². The van der Waals surface area contributed by atoms with Gasteiger partial charge in [0.05, 0.1) is 0 Å². The molecule has 0 spiro atoms. The second kappa shape index (κ2) is 3.13. The second-order valence-corrected chi connectivity index (χ2v) is 6.55. The van der Waals surface area contributed by atoms with Crippen LogP contribution in [0.25, 0.3) is 0 Å². The highest BCUT2D eigenvalue weighted by Crippen LogP contribution is 2.70. The molecule has 5 atom stereocenters. The summed E-state index contributed by atoms with van der Waals surface area (Å²) in [6.07, 6.45) is 6.57. The van der Waals surface area contributed by atoms with Gasteiger partial charge in [0.15, 0.2) is 0 Å². The van der Waals surface area contributed by atoms with Crippen molar-refractivity contribution in [2.75, 3.05) is 0 Å². The molecule has 0 unspecified atom stereocenters. The smallest absolute Gasteiger partial charge is 0.101 e. The predicted molar refractivity (Wildman–Crippen MR) is 66.3 cm³/mol. The molecule has 1 heterocycles. The SMILES string of the molecule is C=C(C)[C@@H]1CC[C@H](C)[C@]23CC[C@H](C)[C@@]2(C1)O3. The van der Waals surface area contributed by atoms with E-state index in [1.165, 1.54) is 37.7 Å². The van der Waals surface area contributed by atoms with E-state index in [9.17, 15) is 0 Å². The molecule has 3 rings (SSSR count).